The Hall–Kier alpha value is -2.00. The second kappa shape index (κ2) is 6.48. The van der Waals surface area contributed by atoms with Gasteiger partial charge in [0.1, 0.15) is 0 Å². The normalized spacial score (nSPS) is 19.8. The first kappa shape index (κ1) is 16.8. The van der Waals surface area contributed by atoms with Crippen LogP contribution in [0.4, 0.5) is 5.69 Å². The number of sulfonamides is 1. The zero-order chi connectivity index (χ0) is 17.3. The van der Waals surface area contributed by atoms with Crippen molar-refractivity contribution in [2.75, 3.05) is 26.2 Å². The van der Waals surface area contributed by atoms with E-state index in [0.717, 1.165) is 25.3 Å². The standard InChI is InChI=1S/C15H19N3O5S/c19-15(12-3-1-4-12)16-7-9-17(10-8-16)24(22,23)14-6-2-5-13(11-14)18(20)21/h2,5-6,11-12H,1,3-4,7-10H2. The van der Waals surface area contributed by atoms with Crippen LogP contribution < -0.4 is 0 Å². The summed E-state index contributed by atoms with van der Waals surface area (Å²) in [7, 11) is -3.79. The molecule has 0 bridgehead atoms. The summed E-state index contributed by atoms with van der Waals surface area (Å²) in [5.41, 5.74) is -0.255. The van der Waals surface area contributed by atoms with Gasteiger partial charge >= 0.3 is 0 Å². The van der Waals surface area contributed by atoms with Crippen molar-refractivity contribution >= 4 is 21.6 Å². The van der Waals surface area contributed by atoms with Gasteiger partial charge in [0, 0.05) is 44.2 Å². The number of hydrogen-bond acceptors (Lipinski definition) is 5. The molecular formula is C15H19N3O5S. The monoisotopic (exact) mass is 353 g/mol. The van der Waals surface area contributed by atoms with Crippen LogP contribution in [-0.2, 0) is 14.8 Å². The lowest BCUT2D eigenvalue weighted by Crippen LogP contribution is -2.52. The fourth-order valence-corrected chi connectivity index (χ4v) is 4.43. The highest BCUT2D eigenvalue weighted by atomic mass is 32.2. The predicted molar refractivity (Wildman–Crippen MR) is 85.8 cm³/mol. The maximum Gasteiger partial charge on any atom is 0.270 e. The zero-order valence-electron chi connectivity index (χ0n) is 13.1. The van der Waals surface area contributed by atoms with Gasteiger partial charge in [0.15, 0.2) is 0 Å². The van der Waals surface area contributed by atoms with E-state index in [4.69, 9.17) is 0 Å². The van der Waals surface area contributed by atoms with Crippen LogP contribution in [0.1, 0.15) is 19.3 Å². The molecule has 24 heavy (non-hydrogen) atoms. The minimum Gasteiger partial charge on any atom is -0.340 e. The Morgan fingerprint density at radius 2 is 1.83 bits per heavy atom. The van der Waals surface area contributed by atoms with Crippen molar-refractivity contribution in [3.05, 3.63) is 34.4 Å². The Bertz CT molecular complexity index is 752. The lowest BCUT2D eigenvalue weighted by atomic mass is 9.84. The van der Waals surface area contributed by atoms with Gasteiger partial charge in [-0.15, -0.1) is 0 Å². The van der Waals surface area contributed by atoms with Crippen molar-refractivity contribution in [1.29, 1.82) is 0 Å². The Morgan fingerprint density at radius 3 is 2.38 bits per heavy atom. The quantitative estimate of drug-likeness (QED) is 0.598. The Morgan fingerprint density at radius 1 is 1.17 bits per heavy atom. The maximum absolute atomic E-state index is 12.6. The predicted octanol–water partition coefficient (Wildman–Crippen LogP) is 1.23. The molecule has 130 valence electrons. The number of rotatable bonds is 4. The number of piperazine rings is 1. The van der Waals surface area contributed by atoms with E-state index in [1.807, 2.05) is 0 Å². The van der Waals surface area contributed by atoms with Crippen LogP contribution in [0.3, 0.4) is 0 Å². The van der Waals surface area contributed by atoms with Gasteiger partial charge in [-0.3, -0.25) is 14.9 Å². The number of nitro benzene ring substituents is 1. The molecule has 0 aromatic heterocycles. The zero-order valence-corrected chi connectivity index (χ0v) is 13.9. The van der Waals surface area contributed by atoms with Crippen molar-refractivity contribution in [3.8, 4) is 0 Å². The minimum absolute atomic E-state index is 0.0875. The highest BCUT2D eigenvalue weighted by Gasteiger charge is 2.34. The molecule has 1 aliphatic carbocycles. The largest absolute Gasteiger partial charge is 0.340 e. The molecule has 1 aromatic carbocycles. The first-order chi connectivity index (χ1) is 11.4. The molecule has 8 nitrogen and oxygen atoms in total. The van der Waals surface area contributed by atoms with E-state index in [1.165, 1.54) is 22.5 Å². The average Bonchev–Trinajstić information content (AvgIpc) is 2.53. The molecule has 2 aliphatic rings. The first-order valence-corrected chi connectivity index (χ1v) is 9.37. The van der Waals surface area contributed by atoms with Gasteiger partial charge in [0.05, 0.1) is 9.82 Å². The summed E-state index contributed by atoms with van der Waals surface area (Å²) in [4.78, 5) is 24.1. The summed E-state index contributed by atoms with van der Waals surface area (Å²) in [5.74, 6) is 0.221. The summed E-state index contributed by atoms with van der Waals surface area (Å²) in [6, 6.07) is 5.05. The number of carbonyl (C=O) groups excluding carboxylic acids is 1. The molecule has 0 N–H and O–H groups in total. The highest BCUT2D eigenvalue weighted by Crippen LogP contribution is 2.29. The average molecular weight is 353 g/mol. The Balaban J connectivity index is 1.69. The van der Waals surface area contributed by atoms with E-state index in [-0.39, 0.29) is 35.5 Å². The van der Waals surface area contributed by atoms with Gasteiger partial charge in [-0.25, -0.2) is 8.42 Å². The maximum atomic E-state index is 12.6. The van der Waals surface area contributed by atoms with Gasteiger partial charge < -0.3 is 4.90 Å². The Labute approximate surface area is 140 Å². The molecule has 1 saturated heterocycles. The molecule has 0 atom stereocenters. The molecule has 1 saturated carbocycles. The third kappa shape index (κ3) is 3.13. The lowest BCUT2D eigenvalue weighted by molar-refractivity contribution is -0.385. The summed E-state index contributed by atoms with van der Waals surface area (Å²) in [6.07, 6.45) is 2.92. The van der Waals surface area contributed by atoms with Gasteiger partial charge in [-0.05, 0) is 18.9 Å². The SMILES string of the molecule is O=C(C1CCC1)N1CCN(S(=O)(=O)c2cccc([N+](=O)[O-])c2)CC1. The van der Waals surface area contributed by atoms with Crippen molar-refractivity contribution in [2.45, 2.75) is 24.2 Å². The number of amides is 1. The molecule has 0 unspecified atom stereocenters. The molecular weight excluding hydrogens is 334 g/mol. The fourth-order valence-electron chi connectivity index (χ4n) is 2.97. The van der Waals surface area contributed by atoms with Crippen LogP contribution in [0.25, 0.3) is 0 Å². The van der Waals surface area contributed by atoms with Crippen molar-refractivity contribution in [3.63, 3.8) is 0 Å². The minimum atomic E-state index is -3.79. The number of nitrogens with zero attached hydrogens (tertiary/aromatic N) is 3. The third-order valence-electron chi connectivity index (χ3n) is 4.67. The van der Waals surface area contributed by atoms with E-state index in [2.05, 4.69) is 0 Å². The van der Waals surface area contributed by atoms with Crippen molar-refractivity contribution < 1.29 is 18.1 Å². The van der Waals surface area contributed by atoms with Gasteiger partial charge in [0.25, 0.3) is 5.69 Å². The summed E-state index contributed by atoms with van der Waals surface area (Å²) in [5, 5.41) is 10.8. The second-order valence-corrected chi connectivity index (χ2v) is 8.05. The summed E-state index contributed by atoms with van der Waals surface area (Å²) in [6.45, 7) is 1.15. The fraction of sp³-hybridized carbons (Fsp3) is 0.533. The van der Waals surface area contributed by atoms with Crippen LogP contribution in [0.2, 0.25) is 0 Å². The highest BCUT2D eigenvalue weighted by molar-refractivity contribution is 7.89. The van der Waals surface area contributed by atoms with Crippen LogP contribution >= 0.6 is 0 Å². The molecule has 1 amide bonds. The van der Waals surface area contributed by atoms with Gasteiger partial charge in [-0.2, -0.15) is 4.31 Å². The molecule has 1 aromatic rings. The van der Waals surface area contributed by atoms with E-state index in [0.29, 0.717) is 13.1 Å². The van der Waals surface area contributed by atoms with Crippen molar-refractivity contribution in [1.82, 2.24) is 9.21 Å². The molecule has 0 radical (unpaired) electrons. The van der Waals surface area contributed by atoms with Crippen LogP contribution in [0.15, 0.2) is 29.2 Å². The first-order valence-electron chi connectivity index (χ1n) is 7.93. The van der Waals surface area contributed by atoms with Gasteiger partial charge in [0.2, 0.25) is 15.9 Å². The van der Waals surface area contributed by atoms with Crippen molar-refractivity contribution in [2.24, 2.45) is 5.92 Å². The van der Waals surface area contributed by atoms with Crippen LogP contribution in [-0.4, -0.2) is 54.6 Å². The molecule has 9 heteroatoms. The topological polar surface area (TPSA) is 101 Å². The number of carbonyl (C=O) groups is 1. The third-order valence-corrected chi connectivity index (χ3v) is 6.57. The number of hydrogen-bond donors (Lipinski definition) is 0. The number of nitro groups is 1. The summed E-state index contributed by atoms with van der Waals surface area (Å²) >= 11 is 0. The smallest absolute Gasteiger partial charge is 0.270 e. The number of benzene rings is 1. The van der Waals surface area contributed by atoms with E-state index in [1.54, 1.807) is 4.90 Å². The Kier molecular flexibility index (Phi) is 4.55. The number of non-ortho nitro benzene ring substituents is 1. The molecule has 3 rings (SSSR count). The molecule has 2 fully saturated rings. The van der Waals surface area contributed by atoms with E-state index < -0.39 is 14.9 Å². The molecule has 1 aliphatic heterocycles. The summed E-state index contributed by atoms with van der Waals surface area (Å²) < 4.78 is 26.6. The van der Waals surface area contributed by atoms with E-state index >= 15 is 0 Å². The second-order valence-electron chi connectivity index (χ2n) is 6.11. The van der Waals surface area contributed by atoms with Crippen LogP contribution in [0, 0.1) is 16.0 Å². The van der Waals surface area contributed by atoms with Crippen LogP contribution in [0.5, 0.6) is 0 Å². The van der Waals surface area contributed by atoms with Gasteiger partial charge in [-0.1, -0.05) is 12.5 Å². The van der Waals surface area contributed by atoms with E-state index in [9.17, 15) is 23.3 Å². The molecule has 0 spiro atoms. The lowest BCUT2D eigenvalue weighted by Gasteiger charge is -2.37. The molecule has 1 heterocycles.